The monoisotopic (exact) mass is 235 g/mol. The molecule has 1 aromatic carbocycles. The second-order valence-electron chi connectivity index (χ2n) is 4.08. The van der Waals surface area contributed by atoms with Crippen LogP contribution in [0.2, 0.25) is 0 Å². The lowest BCUT2D eigenvalue weighted by Crippen LogP contribution is -2.37. The van der Waals surface area contributed by atoms with Gasteiger partial charge in [-0.3, -0.25) is 4.79 Å². The fourth-order valence-corrected chi connectivity index (χ4v) is 1.98. The molecule has 1 N–H and O–H groups in total. The minimum absolute atomic E-state index is 0.0565. The van der Waals surface area contributed by atoms with Crippen LogP contribution in [-0.2, 0) is 11.2 Å². The molecule has 4 nitrogen and oxygen atoms in total. The maximum Gasteiger partial charge on any atom is 0.226 e. The van der Waals surface area contributed by atoms with Gasteiger partial charge in [-0.15, -0.1) is 0 Å². The van der Waals surface area contributed by atoms with Crippen molar-refractivity contribution in [3.63, 3.8) is 0 Å². The van der Waals surface area contributed by atoms with E-state index in [1.165, 1.54) is 0 Å². The van der Waals surface area contributed by atoms with Crippen LogP contribution >= 0.6 is 0 Å². The number of carbonyl (C=O) groups is 1. The van der Waals surface area contributed by atoms with Gasteiger partial charge in [0, 0.05) is 6.54 Å². The third kappa shape index (κ3) is 2.52. The van der Waals surface area contributed by atoms with Crippen LogP contribution in [0.5, 0.6) is 11.5 Å². The van der Waals surface area contributed by atoms with Gasteiger partial charge < -0.3 is 14.8 Å². The molecule has 2 rings (SSSR count). The van der Waals surface area contributed by atoms with Crippen molar-refractivity contribution < 1.29 is 14.3 Å². The molecule has 1 atom stereocenters. The predicted octanol–water partition coefficient (Wildman–Crippen LogP) is 1.38. The smallest absolute Gasteiger partial charge is 0.226 e. The number of amides is 1. The number of hydrogen-bond acceptors (Lipinski definition) is 3. The molecule has 92 valence electrons. The average molecular weight is 235 g/mol. The summed E-state index contributed by atoms with van der Waals surface area (Å²) >= 11 is 0. The quantitative estimate of drug-likeness (QED) is 0.861. The Balaban J connectivity index is 2.14. The summed E-state index contributed by atoms with van der Waals surface area (Å²) in [5, 5.41) is 2.82. The second kappa shape index (κ2) is 5.08. The van der Waals surface area contributed by atoms with Crippen LogP contribution in [0.1, 0.15) is 12.5 Å². The summed E-state index contributed by atoms with van der Waals surface area (Å²) in [6, 6.07) is 5.69. The molecule has 1 amide bonds. The second-order valence-corrected chi connectivity index (χ2v) is 4.08. The van der Waals surface area contributed by atoms with Gasteiger partial charge in [0.15, 0.2) is 0 Å². The predicted molar refractivity (Wildman–Crippen MR) is 64.4 cm³/mol. The lowest BCUT2D eigenvalue weighted by Gasteiger charge is -2.24. The molecule has 1 aromatic rings. The Morgan fingerprint density at radius 2 is 2.41 bits per heavy atom. The normalized spacial score (nSPS) is 17.9. The molecule has 0 aromatic heterocycles. The third-order valence-electron chi connectivity index (χ3n) is 2.90. The zero-order chi connectivity index (χ0) is 12.3. The van der Waals surface area contributed by atoms with E-state index in [0.29, 0.717) is 19.6 Å². The van der Waals surface area contributed by atoms with Crippen LogP contribution in [0, 0.1) is 5.92 Å². The molecule has 1 aliphatic rings. The number of benzene rings is 1. The molecule has 0 aliphatic carbocycles. The van der Waals surface area contributed by atoms with Crippen LogP contribution < -0.4 is 14.8 Å². The molecular weight excluding hydrogens is 218 g/mol. The molecule has 4 heteroatoms. The summed E-state index contributed by atoms with van der Waals surface area (Å²) in [6.45, 7) is 3.02. The summed E-state index contributed by atoms with van der Waals surface area (Å²) in [7, 11) is 1.63. The van der Waals surface area contributed by atoms with Gasteiger partial charge in [0.1, 0.15) is 18.1 Å². The molecule has 1 unspecified atom stereocenters. The highest BCUT2D eigenvalue weighted by Gasteiger charge is 2.25. The molecule has 1 heterocycles. The maximum absolute atomic E-state index is 11.7. The van der Waals surface area contributed by atoms with E-state index in [1.54, 1.807) is 7.11 Å². The molecule has 1 aliphatic heterocycles. The lowest BCUT2D eigenvalue weighted by atomic mass is 9.96. The van der Waals surface area contributed by atoms with Crippen LogP contribution in [-0.4, -0.2) is 26.2 Å². The van der Waals surface area contributed by atoms with E-state index in [2.05, 4.69) is 5.32 Å². The number of nitrogens with one attached hydrogen (secondary N) is 1. The van der Waals surface area contributed by atoms with Crippen molar-refractivity contribution in [2.45, 2.75) is 13.3 Å². The van der Waals surface area contributed by atoms with Crippen LogP contribution in [0.25, 0.3) is 0 Å². The highest BCUT2D eigenvalue weighted by molar-refractivity contribution is 5.79. The Hall–Kier alpha value is -1.71. The molecule has 0 radical (unpaired) electrons. The van der Waals surface area contributed by atoms with Gasteiger partial charge in [0.2, 0.25) is 5.91 Å². The summed E-state index contributed by atoms with van der Waals surface area (Å²) in [4.78, 5) is 11.7. The first-order valence-electron chi connectivity index (χ1n) is 5.82. The van der Waals surface area contributed by atoms with Crippen molar-refractivity contribution >= 4 is 5.91 Å². The molecule has 17 heavy (non-hydrogen) atoms. The molecule has 0 spiro atoms. The van der Waals surface area contributed by atoms with Crippen LogP contribution in [0.15, 0.2) is 18.2 Å². The number of rotatable bonds is 3. The van der Waals surface area contributed by atoms with Crippen LogP contribution in [0.4, 0.5) is 0 Å². The maximum atomic E-state index is 11.7. The van der Waals surface area contributed by atoms with Gasteiger partial charge in [0.05, 0.1) is 13.0 Å². The standard InChI is InChI=1S/C13H17NO3/c1-3-14-13(15)10-6-9-7-11(16-2)4-5-12(9)17-8-10/h4-5,7,10H,3,6,8H2,1-2H3,(H,14,15). The minimum atomic E-state index is -0.102. The van der Waals surface area contributed by atoms with Gasteiger partial charge in [-0.05, 0) is 37.1 Å². The number of fused-ring (bicyclic) bond motifs is 1. The zero-order valence-corrected chi connectivity index (χ0v) is 10.2. The van der Waals surface area contributed by atoms with E-state index >= 15 is 0 Å². The minimum Gasteiger partial charge on any atom is -0.497 e. The number of hydrogen-bond donors (Lipinski definition) is 1. The largest absolute Gasteiger partial charge is 0.497 e. The van der Waals surface area contributed by atoms with Gasteiger partial charge in [-0.2, -0.15) is 0 Å². The first kappa shape index (κ1) is 11.8. The van der Waals surface area contributed by atoms with Gasteiger partial charge in [0.25, 0.3) is 0 Å². The van der Waals surface area contributed by atoms with Gasteiger partial charge in [-0.25, -0.2) is 0 Å². The fourth-order valence-electron chi connectivity index (χ4n) is 1.98. The number of methoxy groups -OCH3 is 1. The van der Waals surface area contributed by atoms with Crippen molar-refractivity contribution in [3.05, 3.63) is 23.8 Å². The molecular formula is C13H17NO3. The summed E-state index contributed by atoms with van der Waals surface area (Å²) in [6.07, 6.45) is 0.707. The van der Waals surface area contributed by atoms with E-state index in [1.807, 2.05) is 25.1 Å². The first-order valence-corrected chi connectivity index (χ1v) is 5.82. The molecule has 0 saturated heterocycles. The third-order valence-corrected chi connectivity index (χ3v) is 2.90. The molecule has 0 saturated carbocycles. The number of ether oxygens (including phenoxy) is 2. The van der Waals surface area contributed by atoms with Crippen molar-refractivity contribution in [2.75, 3.05) is 20.3 Å². The van der Waals surface area contributed by atoms with Gasteiger partial charge in [-0.1, -0.05) is 0 Å². The Labute approximate surface area is 101 Å². The Bertz CT molecular complexity index is 417. The Morgan fingerprint density at radius 3 is 3.12 bits per heavy atom. The summed E-state index contributed by atoms with van der Waals surface area (Å²) in [5.41, 5.74) is 1.03. The highest BCUT2D eigenvalue weighted by atomic mass is 16.5. The van der Waals surface area contributed by atoms with Crippen molar-refractivity contribution in [1.82, 2.24) is 5.32 Å². The molecule has 0 bridgehead atoms. The van der Waals surface area contributed by atoms with E-state index < -0.39 is 0 Å². The SMILES string of the molecule is CCNC(=O)C1COc2ccc(OC)cc2C1. The Morgan fingerprint density at radius 1 is 1.59 bits per heavy atom. The van der Waals surface area contributed by atoms with Gasteiger partial charge >= 0.3 is 0 Å². The van der Waals surface area contributed by atoms with Crippen molar-refractivity contribution in [1.29, 1.82) is 0 Å². The lowest BCUT2D eigenvalue weighted by molar-refractivity contribution is -0.126. The van der Waals surface area contributed by atoms with Crippen molar-refractivity contribution in [3.8, 4) is 11.5 Å². The van der Waals surface area contributed by atoms with Crippen molar-refractivity contribution in [2.24, 2.45) is 5.92 Å². The summed E-state index contributed by atoms with van der Waals surface area (Å²) in [5.74, 6) is 1.60. The average Bonchev–Trinajstić information content (AvgIpc) is 2.37. The highest BCUT2D eigenvalue weighted by Crippen LogP contribution is 2.30. The van der Waals surface area contributed by atoms with E-state index in [-0.39, 0.29) is 11.8 Å². The Kier molecular flexibility index (Phi) is 3.52. The zero-order valence-electron chi connectivity index (χ0n) is 10.2. The topological polar surface area (TPSA) is 47.6 Å². The van der Waals surface area contributed by atoms with E-state index in [4.69, 9.17) is 9.47 Å². The summed E-state index contributed by atoms with van der Waals surface area (Å²) < 4.78 is 10.8. The first-order chi connectivity index (χ1) is 8.24. The molecule has 0 fully saturated rings. The van der Waals surface area contributed by atoms with E-state index in [9.17, 15) is 4.79 Å². The number of carbonyl (C=O) groups excluding carboxylic acids is 1. The van der Waals surface area contributed by atoms with Crippen LogP contribution in [0.3, 0.4) is 0 Å². The van der Waals surface area contributed by atoms with E-state index in [0.717, 1.165) is 17.1 Å². The fraction of sp³-hybridized carbons (Fsp3) is 0.462.